The molecule has 2 rings (SSSR count). The van der Waals surface area contributed by atoms with Crippen molar-refractivity contribution in [1.29, 1.82) is 0 Å². The minimum absolute atomic E-state index is 0.809. The summed E-state index contributed by atoms with van der Waals surface area (Å²) in [6, 6.07) is 5.70. The zero-order chi connectivity index (χ0) is 10.7. The van der Waals surface area contributed by atoms with E-state index in [-0.39, 0.29) is 0 Å². The van der Waals surface area contributed by atoms with Gasteiger partial charge in [0.2, 0.25) is 0 Å². The van der Waals surface area contributed by atoms with Gasteiger partial charge in [-0.25, -0.2) is 0 Å². The van der Waals surface area contributed by atoms with Crippen LogP contribution in [0.1, 0.15) is 5.56 Å². The fourth-order valence-corrected chi connectivity index (χ4v) is 1.42. The van der Waals surface area contributed by atoms with Crippen molar-refractivity contribution in [2.45, 2.75) is 6.92 Å². The molecule has 0 saturated heterocycles. The molecule has 0 fully saturated rings. The maximum atomic E-state index is 5.16. The van der Waals surface area contributed by atoms with Gasteiger partial charge in [-0.2, -0.15) is 0 Å². The first-order chi connectivity index (χ1) is 7.31. The van der Waals surface area contributed by atoms with E-state index in [0.717, 1.165) is 22.6 Å². The van der Waals surface area contributed by atoms with Crippen molar-refractivity contribution in [3.63, 3.8) is 0 Å². The van der Waals surface area contributed by atoms with Crippen LogP contribution in [0.15, 0.2) is 36.8 Å². The van der Waals surface area contributed by atoms with Gasteiger partial charge in [0.1, 0.15) is 5.75 Å². The monoisotopic (exact) mass is 200 g/mol. The molecule has 0 N–H and O–H groups in total. The van der Waals surface area contributed by atoms with Crippen LogP contribution in [0, 0.1) is 6.92 Å². The van der Waals surface area contributed by atoms with Crippen molar-refractivity contribution < 1.29 is 4.74 Å². The fraction of sp³-hybridized carbons (Fsp3) is 0.167. The van der Waals surface area contributed by atoms with Crippen molar-refractivity contribution in [2.24, 2.45) is 0 Å². The number of hydrogen-bond acceptors (Lipinski definition) is 3. The van der Waals surface area contributed by atoms with Crippen LogP contribution in [-0.2, 0) is 0 Å². The van der Waals surface area contributed by atoms with Crippen LogP contribution in [0.3, 0.4) is 0 Å². The molecule has 0 unspecified atom stereocenters. The Morgan fingerprint density at radius 2 is 2.07 bits per heavy atom. The Bertz CT molecular complexity index is 469. The molecule has 3 nitrogen and oxygen atoms in total. The third-order valence-electron chi connectivity index (χ3n) is 2.28. The number of nitrogens with zero attached hydrogens (tertiary/aromatic N) is 2. The second-order valence-corrected chi connectivity index (χ2v) is 3.27. The Hall–Kier alpha value is -1.90. The van der Waals surface area contributed by atoms with E-state index in [1.54, 1.807) is 19.5 Å². The molecule has 0 aliphatic rings. The van der Waals surface area contributed by atoms with Crippen LogP contribution in [0.2, 0.25) is 0 Å². The highest BCUT2D eigenvalue weighted by Crippen LogP contribution is 2.22. The Labute approximate surface area is 88.8 Å². The van der Waals surface area contributed by atoms with E-state index in [1.165, 1.54) is 0 Å². The molecule has 2 aromatic rings. The number of pyridine rings is 2. The molecule has 0 aliphatic carbocycles. The van der Waals surface area contributed by atoms with Crippen LogP contribution >= 0.6 is 0 Å². The fourth-order valence-electron chi connectivity index (χ4n) is 1.42. The highest BCUT2D eigenvalue weighted by Gasteiger charge is 2.03. The maximum Gasteiger partial charge on any atom is 0.122 e. The molecule has 0 aromatic carbocycles. The first kappa shape index (κ1) is 9.65. The van der Waals surface area contributed by atoms with Crippen LogP contribution in [0.5, 0.6) is 5.75 Å². The van der Waals surface area contributed by atoms with Crippen LogP contribution in [-0.4, -0.2) is 17.1 Å². The molecule has 0 bridgehead atoms. The van der Waals surface area contributed by atoms with Gasteiger partial charge in [-0.15, -0.1) is 0 Å². The lowest BCUT2D eigenvalue weighted by Gasteiger charge is -2.05. The number of rotatable bonds is 2. The van der Waals surface area contributed by atoms with E-state index in [1.807, 2.05) is 31.3 Å². The van der Waals surface area contributed by atoms with E-state index in [2.05, 4.69) is 9.97 Å². The summed E-state index contributed by atoms with van der Waals surface area (Å²) in [5.74, 6) is 0.809. The molecule has 2 heterocycles. The average Bonchev–Trinajstić information content (AvgIpc) is 2.30. The minimum atomic E-state index is 0.809. The summed E-state index contributed by atoms with van der Waals surface area (Å²) in [6.07, 6.45) is 5.33. The van der Waals surface area contributed by atoms with Crippen molar-refractivity contribution >= 4 is 0 Å². The first-order valence-electron chi connectivity index (χ1n) is 4.72. The predicted octanol–water partition coefficient (Wildman–Crippen LogP) is 2.46. The third-order valence-corrected chi connectivity index (χ3v) is 2.28. The van der Waals surface area contributed by atoms with Crippen molar-refractivity contribution in [3.05, 3.63) is 42.4 Å². The van der Waals surface area contributed by atoms with Gasteiger partial charge < -0.3 is 4.74 Å². The molecular weight excluding hydrogens is 188 g/mol. The van der Waals surface area contributed by atoms with Crippen molar-refractivity contribution in [2.75, 3.05) is 7.11 Å². The SMILES string of the molecule is COc1ccnc(-c2cnccc2C)c1. The van der Waals surface area contributed by atoms with Crippen molar-refractivity contribution in [3.8, 4) is 17.0 Å². The van der Waals surface area contributed by atoms with Crippen LogP contribution in [0.25, 0.3) is 11.3 Å². The topological polar surface area (TPSA) is 35.0 Å². The smallest absolute Gasteiger partial charge is 0.122 e. The zero-order valence-electron chi connectivity index (χ0n) is 8.77. The van der Waals surface area contributed by atoms with E-state index >= 15 is 0 Å². The lowest BCUT2D eigenvalue weighted by atomic mass is 10.1. The lowest BCUT2D eigenvalue weighted by Crippen LogP contribution is -1.90. The quantitative estimate of drug-likeness (QED) is 0.747. The molecule has 0 saturated carbocycles. The Balaban J connectivity index is 2.49. The largest absolute Gasteiger partial charge is 0.497 e. The average molecular weight is 200 g/mol. The minimum Gasteiger partial charge on any atom is -0.497 e. The highest BCUT2D eigenvalue weighted by atomic mass is 16.5. The van der Waals surface area contributed by atoms with Crippen LogP contribution in [0.4, 0.5) is 0 Å². The molecule has 0 atom stereocenters. The van der Waals surface area contributed by atoms with E-state index in [4.69, 9.17) is 4.74 Å². The lowest BCUT2D eigenvalue weighted by molar-refractivity contribution is 0.414. The number of methoxy groups -OCH3 is 1. The van der Waals surface area contributed by atoms with E-state index < -0.39 is 0 Å². The maximum absolute atomic E-state index is 5.16. The summed E-state index contributed by atoms with van der Waals surface area (Å²) in [6.45, 7) is 2.04. The van der Waals surface area contributed by atoms with Gasteiger partial charge in [-0.1, -0.05) is 0 Å². The summed E-state index contributed by atoms with van der Waals surface area (Å²) in [5, 5.41) is 0. The number of hydrogen-bond donors (Lipinski definition) is 0. The zero-order valence-corrected chi connectivity index (χ0v) is 8.77. The number of aryl methyl sites for hydroxylation is 1. The van der Waals surface area contributed by atoms with Gasteiger partial charge in [-0.05, 0) is 24.6 Å². The number of ether oxygens (including phenoxy) is 1. The highest BCUT2D eigenvalue weighted by molar-refractivity contribution is 5.63. The van der Waals surface area contributed by atoms with Crippen molar-refractivity contribution in [1.82, 2.24) is 9.97 Å². The summed E-state index contributed by atoms with van der Waals surface area (Å²) in [7, 11) is 1.65. The third kappa shape index (κ3) is 1.96. The van der Waals surface area contributed by atoms with Gasteiger partial charge >= 0.3 is 0 Å². The predicted molar refractivity (Wildman–Crippen MR) is 58.8 cm³/mol. The molecule has 0 aliphatic heterocycles. The summed E-state index contributed by atoms with van der Waals surface area (Å²) < 4.78 is 5.16. The van der Waals surface area contributed by atoms with Gasteiger partial charge in [0.15, 0.2) is 0 Å². The summed E-state index contributed by atoms with van der Waals surface area (Å²) in [4.78, 5) is 8.39. The summed E-state index contributed by atoms with van der Waals surface area (Å²) in [5.41, 5.74) is 3.09. The molecular formula is C12H12N2O. The molecule has 0 amide bonds. The molecule has 15 heavy (non-hydrogen) atoms. The number of aromatic nitrogens is 2. The Morgan fingerprint density at radius 3 is 2.80 bits per heavy atom. The van der Waals surface area contributed by atoms with E-state index in [0.29, 0.717) is 0 Å². The molecule has 76 valence electrons. The van der Waals surface area contributed by atoms with Crippen LogP contribution < -0.4 is 4.74 Å². The van der Waals surface area contributed by atoms with Gasteiger partial charge in [0.25, 0.3) is 0 Å². The molecule has 3 heteroatoms. The molecule has 2 aromatic heterocycles. The standard InChI is InChI=1S/C12H12N2O/c1-9-3-5-13-8-11(9)12-7-10(15-2)4-6-14-12/h3-8H,1-2H3. The van der Waals surface area contributed by atoms with Gasteiger partial charge in [0.05, 0.1) is 12.8 Å². The Kier molecular flexibility index (Phi) is 2.63. The van der Waals surface area contributed by atoms with Gasteiger partial charge in [0, 0.05) is 30.2 Å². The normalized spacial score (nSPS) is 10.0. The molecule has 0 radical (unpaired) electrons. The van der Waals surface area contributed by atoms with E-state index in [9.17, 15) is 0 Å². The second-order valence-electron chi connectivity index (χ2n) is 3.27. The second kappa shape index (κ2) is 4.09. The molecule has 0 spiro atoms. The first-order valence-corrected chi connectivity index (χ1v) is 4.72. The Morgan fingerprint density at radius 1 is 1.20 bits per heavy atom. The van der Waals surface area contributed by atoms with Gasteiger partial charge in [-0.3, -0.25) is 9.97 Å². The summed E-state index contributed by atoms with van der Waals surface area (Å²) >= 11 is 0.